The number of anilines is 1. The molecule has 1 aliphatic carbocycles. The molecular weight excluding hydrogens is 316 g/mol. The number of benzene rings is 1. The summed E-state index contributed by atoms with van der Waals surface area (Å²) < 4.78 is 0. The molecule has 1 aromatic carbocycles. The van der Waals surface area contributed by atoms with Crippen molar-refractivity contribution in [3.05, 3.63) is 57.6 Å². The van der Waals surface area contributed by atoms with Crippen LogP contribution in [0.15, 0.2) is 35.4 Å². The molecule has 0 saturated carbocycles. The fourth-order valence-electron chi connectivity index (χ4n) is 3.95. The molecule has 1 aliphatic heterocycles. The van der Waals surface area contributed by atoms with E-state index in [2.05, 4.69) is 21.4 Å². The lowest BCUT2D eigenvalue weighted by molar-refractivity contribution is 0.0932. The predicted molar refractivity (Wildman–Crippen MR) is 96.0 cm³/mol. The molecule has 2 heterocycles. The minimum atomic E-state index is -0.185. The third-order valence-electron chi connectivity index (χ3n) is 5.14. The van der Waals surface area contributed by atoms with Gasteiger partial charge in [0.15, 0.2) is 5.82 Å². The van der Waals surface area contributed by atoms with Gasteiger partial charge in [0.25, 0.3) is 11.5 Å². The number of nitrogens with one attached hydrogen (secondary N) is 2. The maximum Gasteiger partial charge on any atom is 0.290 e. The van der Waals surface area contributed by atoms with Crippen LogP contribution in [-0.4, -0.2) is 35.0 Å². The fraction of sp³-hybridized carbons (Fsp3) is 0.421. The van der Waals surface area contributed by atoms with E-state index in [9.17, 15) is 9.59 Å². The Morgan fingerprint density at radius 3 is 3.08 bits per heavy atom. The molecule has 6 heteroatoms. The van der Waals surface area contributed by atoms with E-state index >= 15 is 0 Å². The summed E-state index contributed by atoms with van der Waals surface area (Å²) in [7, 11) is 0. The van der Waals surface area contributed by atoms with Crippen molar-refractivity contribution in [3.8, 4) is 0 Å². The summed E-state index contributed by atoms with van der Waals surface area (Å²) in [5, 5.41) is 3.16. The second-order valence-electron chi connectivity index (χ2n) is 6.80. The van der Waals surface area contributed by atoms with Crippen molar-refractivity contribution in [1.82, 2.24) is 15.3 Å². The third kappa shape index (κ3) is 3.16. The first-order valence-electron chi connectivity index (χ1n) is 8.92. The van der Waals surface area contributed by atoms with Crippen LogP contribution in [0.25, 0.3) is 0 Å². The van der Waals surface area contributed by atoms with Gasteiger partial charge in [-0.05, 0) is 49.3 Å². The Morgan fingerprint density at radius 2 is 2.20 bits per heavy atom. The standard InChI is InChI=1S/C19H22N4O2/c24-18(16-8-2-5-13-4-1-7-15(13)16)22-14-6-3-11-23(12-14)17-19(25)21-10-9-20-17/h2,5,8-10,14H,1,3-4,6-7,11-12H2,(H,21,25)(H,22,24)/t14-/m0/s1. The molecule has 25 heavy (non-hydrogen) atoms. The van der Waals surface area contributed by atoms with E-state index in [-0.39, 0.29) is 17.5 Å². The van der Waals surface area contributed by atoms with Gasteiger partial charge in [-0.25, -0.2) is 4.98 Å². The van der Waals surface area contributed by atoms with E-state index in [4.69, 9.17) is 0 Å². The Labute approximate surface area is 146 Å². The molecule has 1 amide bonds. The van der Waals surface area contributed by atoms with Crippen molar-refractivity contribution in [2.45, 2.75) is 38.1 Å². The summed E-state index contributed by atoms with van der Waals surface area (Å²) in [6, 6.07) is 6.04. The van der Waals surface area contributed by atoms with E-state index < -0.39 is 0 Å². The number of piperidine rings is 1. The van der Waals surface area contributed by atoms with E-state index in [1.54, 1.807) is 6.20 Å². The highest BCUT2D eigenvalue weighted by molar-refractivity contribution is 5.96. The molecule has 0 bridgehead atoms. The van der Waals surface area contributed by atoms with Crippen LogP contribution in [0, 0.1) is 0 Å². The molecule has 1 aromatic heterocycles. The van der Waals surface area contributed by atoms with Gasteiger partial charge in [0, 0.05) is 37.1 Å². The second kappa shape index (κ2) is 6.70. The Kier molecular flexibility index (Phi) is 4.26. The average Bonchev–Trinajstić information content (AvgIpc) is 3.11. The lowest BCUT2D eigenvalue weighted by Gasteiger charge is -2.33. The van der Waals surface area contributed by atoms with Crippen LogP contribution in [0.2, 0.25) is 0 Å². The third-order valence-corrected chi connectivity index (χ3v) is 5.14. The normalized spacial score (nSPS) is 19.5. The number of carbonyl (C=O) groups is 1. The highest BCUT2D eigenvalue weighted by Gasteiger charge is 2.25. The summed E-state index contributed by atoms with van der Waals surface area (Å²) in [5.74, 6) is 0.433. The summed E-state index contributed by atoms with van der Waals surface area (Å²) in [6.45, 7) is 1.40. The van der Waals surface area contributed by atoms with E-state index in [0.717, 1.165) is 44.2 Å². The maximum atomic E-state index is 12.8. The number of H-pyrrole nitrogens is 1. The minimum Gasteiger partial charge on any atom is -0.350 e. The first-order valence-corrected chi connectivity index (χ1v) is 8.92. The van der Waals surface area contributed by atoms with E-state index in [0.29, 0.717) is 12.4 Å². The minimum absolute atomic E-state index is 0.000491. The molecule has 6 nitrogen and oxygen atoms in total. The van der Waals surface area contributed by atoms with Crippen LogP contribution < -0.4 is 15.8 Å². The highest BCUT2D eigenvalue weighted by atomic mass is 16.1. The quantitative estimate of drug-likeness (QED) is 0.892. The maximum absolute atomic E-state index is 12.8. The van der Waals surface area contributed by atoms with Gasteiger partial charge in [0.2, 0.25) is 0 Å². The number of fused-ring (bicyclic) bond motifs is 1. The zero-order valence-electron chi connectivity index (χ0n) is 14.1. The number of nitrogens with zero attached hydrogens (tertiary/aromatic N) is 2. The molecular formula is C19H22N4O2. The van der Waals surface area contributed by atoms with Crippen LogP contribution in [0.5, 0.6) is 0 Å². The number of aryl methyl sites for hydroxylation is 1. The van der Waals surface area contributed by atoms with Gasteiger partial charge in [0.1, 0.15) is 0 Å². The number of carbonyl (C=O) groups excluding carboxylic acids is 1. The number of aromatic nitrogens is 2. The molecule has 1 saturated heterocycles. The van der Waals surface area contributed by atoms with E-state index in [1.165, 1.54) is 17.3 Å². The molecule has 1 fully saturated rings. The highest BCUT2D eigenvalue weighted by Crippen LogP contribution is 2.25. The van der Waals surface area contributed by atoms with Crippen molar-refractivity contribution >= 4 is 11.7 Å². The van der Waals surface area contributed by atoms with Crippen LogP contribution in [0.3, 0.4) is 0 Å². The van der Waals surface area contributed by atoms with Gasteiger partial charge < -0.3 is 15.2 Å². The SMILES string of the molecule is O=C(N[C@H]1CCCN(c2ncc[nH]c2=O)C1)c1cccc2c1CCC2. The Bertz CT molecular complexity index is 845. The number of aromatic amines is 1. The number of hydrogen-bond acceptors (Lipinski definition) is 4. The molecule has 0 radical (unpaired) electrons. The number of hydrogen-bond donors (Lipinski definition) is 2. The topological polar surface area (TPSA) is 78.1 Å². The largest absolute Gasteiger partial charge is 0.350 e. The van der Waals surface area contributed by atoms with Gasteiger partial charge in [-0.3, -0.25) is 9.59 Å². The number of rotatable bonds is 3. The molecule has 0 unspecified atom stereocenters. The molecule has 2 aromatic rings. The summed E-state index contributed by atoms with van der Waals surface area (Å²) in [6.07, 6.45) is 8.14. The fourth-order valence-corrected chi connectivity index (χ4v) is 3.95. The Balaban J connectivity index is 1.48. The summed E-state index contributed by atoms with van der Waals surface area (Å²) in [4.78, 5) is 33.5. The van der Waals surface area contributed by atoms with Crippen LogP contribution >= 0.6 is 0 Å². The van der Waals surface area contributed by atoms with Crippen molar-refractivity contribution < 1.29 is 4.79 Å². The zero-order chi connectivity index (χ0) is 17.2. The van der Waals surface area contributed by atoms with Crippen molar-refractivity contribution in [2.24, 2.45) is 0 Å². The molecule has 130 valence electrons. The van der Waals surface area contributed by atoms with Gasteiger partial charge in [-0.15, -0.1) is 0 Å². The second-order valence-corrected chi connectivity index (χ2v) is 6.80. The van der Waals surface area contributed by atoms with Crippen molar-refractivity contribution in [1.29, 1.82) is 0 Å². The first kappa shape index (κ1) is 15.9. The van der Waals surface area contributed by atoms with Crippen molar-refractivity contribution in [3.63, 3.8) is 0 Å². The van der Waals surface area contributed by atoms with Gasteiger partial charge in [-0.2, -0.15) is 0 Å². The average molecular weight is 338 g/mol. The Morgan fingerprint density at radius 1 is 1.28 bits per heavy atom. The summed E-state index contributed by atoms with van der Waals surface area (Å²) >= 11 is 0. The van der Waals surface area contributed by atoms with Gasteiger partial charge >= 0.3 is 0 Å². The smallest absolute Gasteiger partial charge is 0.290 e. The molecule has 4 rings (SSSR count). The van der Waals surface area contributed by atoms with Crippen LogP contribution in [0.1, 0.15) is 40.7 Å². The van der Waals surface area contributed by atoms with Crippen molar-refractivity contribution in [2.75, 3.05) is 18.0 Å². The predicted octanol–water partition coefficient (Wildman–Crippen LogP) is 1.66. The lowest BCUT2D eigenvalue weighted by Crippen LogP contribution is -2.49. The Hall–Kier alpha value is -2.63. The van der Waals surface area contributed by atoms with Crippen LogP contribution in [0.4, 0.5) is 5.82 Å². The van der Waals surface area contributed by atoms with Gasteiger partial charge in [0.05, 0.1) is 0 Å². The lowest BCUT2D eigenvalue weighted by atomic mass is 10.0. The number of amides is 1. The molecule has 2 N–H and O–H groups in total. The zero-order valence-corrected chi connectivity index (χ0v) is 14.1. The molecule has 0 spiro atoms. The van der Waals surface area contributed by atoms with E-state index in [1.807, 2.05) is 17.0 Å². The van der Waals surface area contributed by atoms with Gasteiger partial charge in [-0.1, -0.05) is 12.1 Å². The van der Waals surface area contributed by atoms with Crippen LogP contribution in [-0.2, 0) is 12.8 Å². The molecule has 2 aliphatic rings. The summed E-state index contributed by atoms with van der Waals surface area (Å²) in [5.41, 5.74) is 3.13. The molecule has 1 atom stereocenters. The monoisotopic (exact) mass is 338 g/mol. The first-order chi connectivity index (χ1) is 12.2.